The number of aromatic nitrogens is 4. The first-order chi connectivity index (χ1) is 9.79. The monoisotopic (exact) mass is 325 g/mol. The van der Waals surface area contributed by atoms with Crippen LogP contribution in [0.25, 0.3) is 0 Å². The third kappa shape index (κ3) is 2.78. The van der Waals surface area contributed by atoms with Crippen molar-refractivity contribution in [1.82, 2.24) is 19.9 Å². The van der Waals surface area contributed by atoms with Gasteiger partial charge in [-0.05, 0) is 40.0 Å². The van der Waals surface area contributed by atoms with Crippen LogP contribution in [0, 0.1) is 0 Å². The number of carbonyl (C=O) groups excluding carboxylic acids is 1. The van der Waals surface area contributed by atoms with Crippen molar-refractivity contribution in [2.75, 3.05) is 0 Å². The van der Waals surface area contributed by atoms with Gasteiger partial charge < -0.3 is 10.3 Å². The molecule has 2 N–H and O–H groups in total. The van der Waals surface area contributed by atoms with Crippen LogP contribution in [0.4, 0.5) is 0 Å². The second-order valence-corrected chi connectivity index (χ2v) is 6.61. The average Bonchev–Trinajstić information content (AvgIpc) is 3.03. The van der Waals surface area contributed by atoms with E-state index in [9.17, 15) is 4.79 Å². The van der Waals surface area contributed by atoms with E-state index in [1.165, 1.54) is 6.20 Å². The largest absolute Gasteiger partial charge is 0.330 e. The molecule has 0 amide bonds. The number of carbonyl (C=O) groups is 1. The first-order valence-corrected chi connectivity index (χ1v) is 7.02. The first kappa shape index (κ1) is 16.6. The summed E-state index contributed by atoms with van der Waals surface area (Å²) in [5.41, 5.74) is 5.84. The molecule has 2 heterocycles. The molecule has 2 aromatic heterocycles. The Kier molecular flexibility index (Phi) is 4.14. The molecule has 3 rings (SSSR count). The van der Waals surface area contributed by atoms with Gasteiger partial charge in [0.1, 0.15) is 0 Å². The molecule has 0 bridgehead atoms. The van der Waals surface area contributed by atoms with Crippen molar-refractivity contribution < 1.29 is 9.32 Å². The number of hydrogen-bond acceptors (Lipinski definition) is 6. The van der Waals surface area contributed by atoms with Crippen LogP contribution < -0.4 is 5.73 Å². The fourth-order valence-electron chi connectivity index (χ4n) is 2.23. The first-order valence-electron chi connectivity index (χ1n) is 7.02. The van der Waals surface area contributed by atoms with Crippen LogP contribution in [0.15, 0.2) is 16.9 Å². The molecule has 0 atom stereocenters. The Morgan fingerprint density at radius 2 is 2.09 bits per heavy atom. The van der Waals surface area contributed by atoms with Gasteiger partial charge in [0, 0.05) is 6.20 Å². The van der Waals surface area contributed by atoms with Crippen LogP contribution in [-0.4, -0.2) is 25.7 Å². The Labute approximate surface area is 134 Å². The third-order valence-corrected chi connectivity index (χ3v) is 3.84. The summed E-state index contributed by atoms with van der Waals surface area (Å²) in [5, 5.41) is 8.05. The number of nitrogens with zero attached hydrogens (tertiary/aromatic N) is 4. The lowest BCUT2D eigenvalue weighted by Crippen LogP contribution is -2.44. The van der Waals surface area contributed by atoms with Gasteiger partial charge in [0.25, 0.3) is 11.7 Å². The summed E-state index contributed by atoms with van der Waals surface area (Å²) in [4.78, 5) is 16.5. The summed E-state index contributed by atoms with van der Waals surface area (Å²) in [6.45, 7) is 6.02. The van der Waals surface area contributed by atoms with Crippen LogP contribution in [0.3, 0.4) is 0 Å². The minimum atomic E-state index is -0.530. The number of hydrogen-bond donors (Lipinski definition) is 1. The fourth-order valence-corrected chi connectivity index (χ4v) is 2.23. The zero-order chi connectivity index (χ0) is 15.3. The lowest BCUT2D eigenvalue weighted by atomic mass is 9.77. The highest BCUT2D eigenvalue weighted by Crippen LogP contribution is 2.36. The molecule has 0 radical (unpaired) electrons. The SMILES string of the molecule is CC(C)(C)n1cc(C(=O)c2nc(C3(N)CCC3)no2)cn1.Cl. The van der Waals surface area contributed by atoms with E-state index >= 15 is 0 Å². The van der Waals surface area contributed by atoms with Crippen molar-refractivity contribution in [3.8, 4) is 0 Å². The van der Waals surface area contributed by atoms with Crippen molar-refractivity contribution in [2.24, 2.45) is 5.73 Å². The fraction of sp³-hybridized carbons (Fsp3) is 0.571. The summed E-state index contributed by atoms with van der Waals surface area (Å²) < 4.78 is 6.80. The van der Waals surface area contributed by atoms with Crippen molar-refractivity contribution in [1.29, 1.82) is 0 Å². The molecular formula is C14H20ClN5O2. The van der Waals surface area contributed by atoms with E-state index in [2.05, 4.69) is 15.2 Å². The van der Waals surface area contributed by atoms with Gasteiger partial charge in [-0.25, -0.2) is 0 Å². The van der Waals surface area contributed by atoms with Crippen molar-refractivity contribution in [3.05, 3.63) is 29.7 Å². The van der Waals surface area contributed by atoms with E-state index < -0.39 is 5.54 Å². The Balaban J connectivity index is 0.00000176. The molecule has 1 aliphatic carbocycles. The Morgan fingerprint density at radius 1 is 1.41 bits per heavy atom. The van der Waals surface area contributed by atoms with Gasteiger partial charge in [0.05, 0.1) is 22.8 Å². The molecule has 0 saturated heterocycles. The zero-order valence-corrected chi connectivity index (χ0v) is 13.7. The quantitative estimate of drug-likeness (QED) is 0.866. The van der Waals surface area contributed by atoms with Gasteiger partial charge in [-0.1, -0.05) is 5.16 Å². The maximum atomic E-state index is 12.3. The van der Waals surface area contributed by atoms with E-state index in [0.717, 1.165) is 19.3 Å². The Bertz CT molecular complexity index is 681. The van der Waals surface area contributed by atoms with Gasteiger partial charge in [-0.2, -0.15) is 10.1 Å². The summed E-state index contributed by atoms with van der Waals surface area (Å²) in [5.74, 6) is 0.0580. The summed E-state index contributed by atoms with van der Waals surface area (Å²) >= 11 is 0. The summed E-state index contributed by atoms with van der Waals surface area (Å²) in [6.07, 6.45) is 5.89. The lowest BCUT2D eigenvalue weighted by molar-refractivity contribution is 0.0993. The normalized spacial score (nSPS) is 16.7. The van der Waals surface area contributed by atoms with Crippen LogP contribution in [0.1, 0.15) is 62.1 Å². The highest BCUT2D eigenvalue weighted by atomic mass is 35.5. The number of rotatable bonds is 3. The predicted molar refractivity (Wildman–Crippen MR) is 81.9 cm³/mol. The van der Waals surface area contributed by atoms with Crippen molar-refractivity contribution in [3.63, 3.8) is 0 Å². The minimum absolute atomic E-state index is 0. The summed E-state index contributed by atoms with van der Waals surface area (Å²) in [6, 6.07) is 0. The molecule has 1 fully saturated rings. The highest BCUT2D eigenvalue weighted by molar-refractivity contribution is 6.05. The lowest BCUT2D eigenvalue weighted by Gasteiger charge is -2.34. The van der Waals surface area contributed by atoms with Crippen molar-refractivity contribution in [2.45, 2.75) is 51.1 Å². The van der Waals surface area contributed by atoms with Gasteiger partial charge in [0.15, 0.2) is 5.82 Å². The van der Waals surface area contributed by atoms with Gasteiger partial charge in [-0.3, -0.25) is 9.48 Å². The molecule has 1 aliphatic rings. The van der Waals surface area contributed by atoms with Crippen LogP contribution in [0.2, 0.25) is 0 Å². The summed E-state index contributed by atoms with van der Waals surface area (Å²) in [7, 11) is 0. The third-order valence-electron chi connectivity index (χ3n) is 3.84. The smallest absolute Gasteiger partial charge is 0.299 e. The molecule has 22 heavy (non-hydrogen) atoms. The van der Waals surface area contributed by atoms with Gasteiger partial charge in [-0.15, -0.1) is 12.4 Å². The van der Waals surface area contributed by atoms with Crippen LogP contribution in [0.5, 0.6) is 0 Å². The highest BCUT2D eigenvalue weighted by Gasteiger charge is 2.39. The standard InChI is InChI=1S/C14H19N5O2.ClH/c1-13(2,3)19-8-9(7-16-19)10(20)11-17-12(18-21-11)14(15)5-4-6-14;/h7-8H,4-6,15H2,1-3H3;1H. The maximum absolute atomic E-state index is 12.3. The van der Waals surface area contributed by atoms with E-state index in [4.69, 9.17) is 10.3 Å². The Morgan fingerprint density at radius 3 is 2.59 bits per heavy atom. The van der Waals surface area contributed by atoms with Gasteiger partial charge in [0.2, 0.25) is 0 Å². The van der Waals surface area contributed by atoms with Crippen LogP contribution in [-0.2, 0) is 11.1 Å². The van der Waals surface area contributed by atoms with E-state index in [1.807, 2.05) is 20.8 Å². The molecule has 0 aliphatic heterocycles. The second-order valence-electron chi connectivity index (χ2n) is 6.61. The Hall–Kier alpha value is -1.73. The molecule has 2 aromatic rings. The van der Waals surface area contributed by atoms with Crippen molar-refractivity contribution >= 4 is 18.2 Å². The van der Waals surface area contributed by atoms with E-state index in [0.29, 0.717) is 11.4 Å². The van der Waals surface area contributed by atoms with E-state index in [1.54, 1.807) is 10.9 Å². The molecular weight excluding hydrogens is 306 g/mol. The maximum Gasteiger partial charge on any atom is 0.299 e. The molecule has 1 saturated carbocycles. The number of nitrogens with two attached hydrogens (primary N) is 1. The average molecular weight is 326 g/mol. The van der Waals surface area contributed by atoms with E-state index in [-0.39, 0.29) is 29.6 Å². The molecule has 0 unspecified atom stereocenters. The molecule has 0 aromatic carbocycles. The number of halogens is 1. The molecule has 8 heteroatoms. The second kappa shape index (κ2) is 5.48. The van der Waals surface area contributed by atoms with Gasteiger partial charge >= 0.3 is 0 Å². The predicted octanol–water partition coefficient (Wildman–Crippen LogP) is 2.01. The topological polar surface area (TPSA) is 99.8 Å². The molecule has 120 valence electrons. The minimum Gasteiger partial charge on any atom is -0.330 e. The zero-order valence-electron chi connectivity index (χ0n) is 12.9. The van der Waals surface area contributed by atoms with Crippen LogP contribution >= 0.6 is 12.4 Å². The number of ketones is 1. The molecule has 7 nitrogen and oxygen atoms in total. The molecule has 0 spiro atoms.